The maximum atomic E-state index is 10.8. The van der Waals surface area contributed by atoms with Gasteiger partial charge in [-0.1, -0.05) is 13.8 Å². The lowest BCUT2D eigenvalue weighted by Gasteiger charge is -2.22. The summed E-state index contributed by atoms with van der Waals surface area (Å²) in [6, 6.07) is 0. The lowest BCUT2D eigenvalue weighted by molar-refractivity contribution is -0.141. The smallest absolute Gasteiger partial charge is 0.306 e. The first-order valence-electron chi connectivity index (χ1n) is 5.86. The SMILES string of the molecule is CC(Cc1cnc2n1CCCC2C)C(=O)O. The average Bonchev–Trinajstić information content (AvgIpc) is 2.63. The standard InChI is InChI=1S/C12H18N2O2/c1-8-4-3-5-14-10(7-13-11(8)14)6-9(2)12(15)16/h7-9H,3-6H2,1-2H3,(H,15,16). The van der Waals surface area contributed by atoms with Crippen molar-refractivity contribution in [3.05, 3.63) is 17.7 Å². The molecule has 4 nitrogen and oxygen atoms in total. The van der Waals surface area contributed by atoms with Crippen LogP contribution in [0.2, 0.25) is 0 Å². The van der Waals surface area contributed by atoms with Gasteiger partial charge in [-0.05, 0) is 12.8 Å². The van der Waals surface area contributed by atoms with E-state index in [1.807, 2.05) is 6.20 Å². The van der Waals surface area contributed by atoms with E-state index in [0.717, 1.165) is 18.1 Å². The Morgan fingerprint density at radius 2 is 2.50 bits per heavy atom. The van der Waals surface area contributed by atoms with Crippen molar-refractivity contribution < 1.29 is 9.90 Å². The normalized spacial score (nSPS) is 21.5. The van der Waals surface area contributed by atoms with Gasteiger partial charge in [-0.15, -0.1) is 0 Å². The Morgan fingerprint density at radius 3 is 3.19 bits per heavy atom. The summed E-state index contributed by atoms with van der Waals surface area (Å²) in [5.41, 5.74) is 1.07. The van der Waals surface area contributed by atoms with Gasteiger partial charge < -0.3 is 9.67 Å². The molecule has 0 aliphatic carbocycles. The van der Waals surface area contributed by atoms with E-state index in [4.69, 9.17) is 5.11 Å². The summed E-state index contributed by atoms with van der Waals surface area (Å²) in [4.78, 5) is 15.2. The van der Waals surface area contributed by atoms with E-state index >= 15 is 0 Å². The van der Waals surface area contributed by atoms with E-state index in [9.17, 15) is 4.79 Å². The first-order valence-corrected chi connectivity index (χ1v) is 5.86. The van der Waals surface area contributed by atoms with Crippen molar-refractivity contribution in [3.8, 4) is 0 Å². The van der Waals surface area contributed by atoms with Gasteiger partial charge in [0.05, 0.1) is 5.92 Å². The van der Waals surface area contributed by atoms with Crippen LogP contribution < -0.4 is 0 Å². The fourth-order valence-electron chi connectivity index (χ4n) is 2.33. The lowest BCUT2D eigenvalue weighted by atomic mass is 10.0. The van der Waals surface area contributed by atoms with Crippen molar-refractivity contribution in [1.82, 2.24) is 9.55 Å². The highest BCUT2D eigenvalue weighted by atomic mass is 16.4. The van der Waals surface area contributed by atoms with Crippen LogP contribution in [0, 0.1) is 5.92 Å². The lowest BCUT2D eigenvalue weighted by Crippen LogP contribution is -2.19. The number of rotatable bonds is 3. The predicted octanol–water partition coefficient (Wildman–Crippen LogP) is 2.04. The summed E-state index contributed by atoms with van der Waals surface area (Å²) in [5.74, 6) is 0.555. The predicted molar refractivity (Wildman–Crippen MR) is 60.4 cm³/mol. The third-order valence-electron chi connectivity index (χ3n) is 3.37. The van der Waals surface area contributed by atoms with Gasteiger partial charge in [0.15, 0.2) is 0 Å². The Hall–Kier alpha value is -1.32. The molecule has 2 rings (SSSR count). The summed E-state index contributed by atoms with van der Waals surface area (Å²) < 4.78 is 2.20. The Kier molecular flexibility index (Phi) is 2.99. The molecule has 1 N–H and O–H groups in total. The van der Waals surface area contributed by atoms with E-state index in [-0.39, 0.29) is 5.92 Å². The number of hydrogen-bond acceptors (Lipinski definition) is 2. The van der Waals surface area contributed by atoms with Crippen molar-refractivity contribution in [2.75, 3.05) is 0 Å². The van der Waals surface area contributed by atoms with Crippen LogP contribution in [0.25, 0.3) is 0 Å². The molecular formula is C12H18N2O2. The molecule has 0 saturated heterocycles. The van der Waals surface area contributed by atoms with Gasteiger partial charge >= 0.3 is 5.97 Å². The second-order valence-corrected chi connectivity index (χ2v) is 4.75. The summed E-state index contributed by atoms with van der Waals surface area (Å²) >= 11 is 0. The highest BCUT2D eigenvalue weighted by Crippen LogP contribution is 2.27. The van der Waals surface area contributed by atoms with E-state index in [0.29, 0.717) is 12.3 Å². The zero-order chi connectivity index (χ0) is 11.7. The average molecular weight is 222 g/mol. The number of carboxylic acid groups (broad SMARTS) is 1. The molecule has 0 aromatic carbocycles. The van der Waals surface area contributed by atoms with Gasteiger partial charge in [-0.3, -0.25) is 4.79 Å². The van der Waals surface area contributed by atoms with Gasteiger partial charge in [0.1, 0.15) is 5.82 Å². The zero-order valence-electron chi connectivity index (χ0n) is 9.81. The molecule has 0 bridgehead atoms. The fraction of sp³-hybridized carbons (Fsp3) is 0.667. The summed E-state index contributed by atoms with van der Waals surface area (Å²) in [6.45, 7) is 4.91. The second-order valence-electron chi connectivity index (χ2n) is 4.75. The molecule has 0 fully saturated rings. The van der Waals surface area contributed by atoms with Crippen molar-refractivity contribution in [3.63, 3.8) is 0 Å². The molecule has 2 atom stereocenters. The number of carboxylic acids is 1. The van der Waals surface area contributed by atoms with Crippen LogP contribution in [0.15, 0.2) is 6.20 Å². The second kappa shape index (κ2) is 4.28. The number of aliphatic carboxylic acids is 1. The first kappa shape index (κ1) is 11.2. The van der Waals surface area contributed by atoms with Gasteiger partial charge in [-0.25, -0.2) is 4.98 Å². The molecule has 0 radical (unpaired) electrons. The topological polar surface area (TPSA) is 55.1 Å². The molecule has 2 heterocycles. The molecule has 0 saturated carbocycles. The number of carbonyl (C=O) groups is 1. The molecule has 16 heavy (non-hydrogen) atoms. The minimum absolute atomic E-state index is 0.335. The first-order chi connectivity index (χ1) is 7.59. The molecule has 0 spiro atoms. The molecule has 4 heteroatoms. The van der Waals surface area contributed by atoms with Gasteiger partial charge in [0, 0.05) is 30.8 Å². The number of aromatic nitrogens is 2. The molecular weight excluding hydrogens is 204 g/mol. The van der Waals surface area contributed by atoms with Crippen molar-refractivity contribution in [2.24, 2.45) is 5.92 Å². The van der Waals surface area contributed by atoms with Gasteiger partial charge in [0.2, 0.25) is 0 Å². The molecule has 1 aliphatic rings. The Labute approximate surface area is 95.3 Å². The van der Waals surface area contributed by atoms with Crippen LogP contribution >= 0.6 is 0 Å². The minimum atomic E-state index is -0.737. The van der Waals surface area contributed by atoms with Crippen molar-refractivity contribution in [2.45, 2.75) is 45.6 Å². The summed E-state index contributed by atoms with van der Waals surface area (Å²) in [7, 11) is 0. The van der Waals surface area contributed by atoms with Crippen LogP contribution in [-0.2, 0) is 17.8 Å². The van der Waals surface area contributed by atoms with Gasteiger partial charge in [0.25, 0.3) is 0 Å². The molecule has 2 unspecified atom stereocenters. The van der Waals surface area contributed by atoms with Gasteiger partial charge in [-0.2, -0.15) is 0 Å². The van der Waals surface area contributed by atoms with E-state index in [1.54, 1.807) is 6.92 Å². The van der Waals surface area contributed by atoms with Crippen LogP contribution in [0.5, 0.6) is 0 Å². The molecule has 0 amide bonds. The zero-order valence-corrected chi connectivity index (χ0v) is 9.81. The number of nitrogens with zero attached hydrogens (tertiary/aromatic N) is 2. The summed E-state index contributed by atoms with van der Waals surface area (Å²) in [5, 5.41) is 8.91. The van der Waals surface area contributed by atoms with Crippen molar-refractivity contribution in [1.29, 1.82) is 0 Å². The summed E-state index contributed by atoms with van der Waals surface area (Å²) in [6.07, 6.45) is 4.77. The van der Waals surface area contributed by atoms with E-state index < -0.39 is 5.97 Å². The maximum absolute atomic E-state index is 10.8. The van der Waals surface area contributed by atoms with Crippen molar-refractivity contribution >= 4 is 5.97 Å². The Morgan fingerprint density at radius 1 is 1.75 bits per heavy atom. The monoisotopic (exact) mass is 222 g/mol. The molecule has 1 aliphatic heterocycles. The van der Waals surface area contributed by atoms with Crippen LogP contribution in [-0.4, -0.2) is 20.6 Å². The molecule has 88 valence electrons. The Bertz CT molecular complexity index is 398. The Balaban J connectivity index is 2.20. The third-order valence-corrected chi connectivity index (χ3v) is 3.37. The van der Waals surface area contributed by atoms with E-state index in [1.165, 1.54) is 12.8 Å². The highest BCUT2D eigenvalue weighted by Gasteiger charge is 2.22. The highest BCUT2D eigenvalue weighted by molar-refractivity contribution is 5.69. The third kappa shape index (κ3) is 1.96. The quantitative estimate of drug-likeness (QED) is 0.851. The maximum Gasteiger partial charge on any atom is 0.306 e. The minimum Gasteiger partial charge on any atom is -0.481 e. The van der Waals surface area contributed by atoms with Crippen LogP contribution in [0.1, 0.15) is 44.1 Å². The molecule has 1 aromatic heterocycles. The number of imidazole rings is 1. The van der Waals surface area contributed by atoms with Crippen LogP contribution in [0.4, 0.5) is 0 Å². The largest absolute Gasteiger partial charge is 0.481 e. The fourth-order valence-corrected chi connectivity index (χ4v) is 2.33. The van der Waals surface area contributed by atoms with E-state index in [2.05, 4.69) is 16.5 Å². The molecule has 1 aromatic rings. The number of fused-ring (bicyclic) bond motifs is 1. The van der Waals surface area contributed by atoms with Crippen LogP contribution in [0.3, 0.4) is 0 Å². The number of hydrogen-bond donors (Lipinski definition) is 1.